The standard InChI is InChI=1S/C38H42N2O6/c1-5-7-20-45-36(44)32-31-34(42)40(30(24-41)21-26-13-9-8-10-14-26)33(38(31)23-25(3)37(32,4)46-38)35(43)39(19-6-2)29-18-17-27-15-11-12-16-28(27)22-29/h5-6,8-18,22,25,30-33,41H,1-2,7,19-21,23-24H2,3-4H3/t25?,30-,31+,32-,33?,37+,38?/m1/s1. The third-order valence-electron chi connectivity index (χ3n) is 10.3. The lowest BCUT2D eigenvalue weighted by molar-refractivity contribution is -0.162. The molecule has 0 aliphatic carbocycles. The number of aliphatic hydroxyl groups is 1. The number of likely N-dealkylation sites (tertiary alicyclic amines) is 1. The van der Waals surface area contributed by atoms with Gasteiger partial charge in [-0.05, 0) is 60.6 Å². The van der Waals surface area contributed by atoms with Crippen molar-refractivity contribution < 1.29 is 29.0 Å². The molecule has 3 aliphatic heterocycles. The Balaban J connectivity index is 1.47. The van der Waals surface area contributed by atoms with Crippen molar-refractivity contribution in [2.45, 2.75) is 56.4 Å². The van der Waals surface area contributed by atoms with E-state index in [9.17, 15) is 14.7 Å². The van der Waals surface area contributed by atoms with Crippen molar-refractivity contribution in [3.05, 3.63) is 104 Å². The number of fused-ring (bicyclic) bond motifs is 2. The first kappa shape index (κ1) is 31.7. The van der Waals surface area contributed by atoms with E-state index in [1.165, 1.54) is 4.90 Å². The third kappa shape index (κ3) is 5.04. The first-order chi connectivity index (χ1) is 22.2. The van der Waals surface area contributed by atoms with Crippen LogP contribution in [-0.2, 0) is 30.3 Å². The van der Waals surface area contributed by atoms with Gasteiger partial charge in [-0.3, -0.25) is 14.4 Å². The van der Waals surface area contributed by atoms with Crippen LogP contribution in [0, 0.1) is 17.8 Å². The lowest BCUT2D eigenvalue weighted by atomic mass is 9.62. The molecule has 3 aliphatic rings. The topological polar surface area (TPSA) is 96.4 Å². The predicted octanol–water partition coefficient (Wildman–Crippen LogP) is 5.09. The molecule has 2 bridgehead atoms. The highest BCUT2D eigenvalue weighted by Crippen LogP contribution is 2.65. The largest absolute Gasteiger partial charge is 0.465 e. The number of rotatable bonds is 12. The van der Waals surface area contributed by atoms with E-state index in [0.717, 1.165) is 16.3 Å². The van der Waals surface area contributed by atoms with Gasteiger partial charge >= 0.3 is 5.97 Å². The Morgan fingerprint density at radius 3 is 2.50 bits per heavy atom. The second kappa shape index (κ2) is 12.5. The zero-order chi connectivity index (χ0) is 32.6. The lowest BCUT2D eigenvalue weighted by Crippen LogP contribution is -2.59. The number of benzene rings is 3. The van der Waals surface area contributed by atoms with Crippen LogP contribution in [-0.4, -0.2) is 70.8 Å². The van der Waals surface area contributed by atoms with Gasteiger partial charge in [-0.15, -0.1) is 13.2 Å². The lowest BCUT2D eigenvalue weighted by Gasteiger charge is -2.39. The molecule has 3 aromatic rings. The second-order valence-corrected chi connectivity index (χ2v) is 13.0. The van der Waals surface area contributed by atoms with Crippen LogP contribution in [0.1, 0.15) is 32.3 Å². The van der Waals surface area contributed by atoms with Crippen molar-refractivity contribution in [2.24, 2.45) is 17.8 Å². The number of nitrogens with zero attached hydrogens (tertiary/aromatic N) is 2. The van der Waals surface area contributed by atoms with Crippen LogP contribution in [0.3, 0.4) is 0 Å². The number of amides is 2. The molecule has 46 heavy (non-hydrogen) atoms. The van der Waals surface area contributed by atoms with Crippen molar-refractivity contribution in [3.63, 3.8) is 0 Å². The fourth-order valence-electron chi connectivity index (χ4n) is 8.12. The number of carbonyl (C=O) groups excluding carboxylic acids is 3. The molecule has 0 saturated carbocycles. The fraction of sp³-hybridized carbons (Fsp3) is 0.395. The Kier molecular flexibility index (Phi) is 8.61. The minimum Gasteiger partial charge on any atom is -0.465 e. The molecule has 8 heteroatoms. The highest BCUT2D eigenvalue weighted by atomic mass is 16.6. The minimum atomic E-state index is -1.29. The average Bonchev–Trinajstić information content (AvgIpc) is 3.58. The molecular formula is C38H42N2O6. The van der Waals surface area contributed by atoms with Gasteiger partial charge in [-0.2, -0.15) is 0 Å². The minimum absolute atomic E-state index is 0.140. The molecule has 1 spiro atoms. The van der Waals surface area contributed by atoms with E-state index in [0.29, 0.717) is 24.9 Å². The molecule has 7 atom stereocenters. The van der Waals surface area contributed by atoms with Crippen LogP contribution in [0.4, 0.5) is 5.69 Å². The van der Waals surface area contributed by atoms with E-state index >= 15 is 4.79 Å². The quantitative estimate of drug-likeness (QED) is 0.172. The first-order valence-corrected chi connectivity index (χ1v) is 16.1. The van der Waals surface area contributed by atoms with Gasteiger partial charge in [0.1, 0.15) is 17.6 Å². The van der Waals surface area contributed by atoms with Crippen LogP contribution in [0.5, 0.6) is 0 Å². The maximum Gasteiger partial charge on any atom is 0.312 e. The molecule has 6 rings (SSSR count). The summed E-state index contributed by atoms with van der Waals surface area (Å²) >= 11 is 0. The van der Waals surface area contributed by atoms with E-state index in [-0.39, 0.29) is 37.5 Å². The Labute approximate surface area is 270 Å². The number of hydrogen-bond donors (Lipinski definition) is 1. The van der Waals surface area contributed by atoms with E-state index < -0.39 is 41.1 Å². The second-order valence-electron chi connectivity index (χ2n) is 13.0. The highest BCUT2D eigenvalue weighted by molar-refractivity contribution is 6.06. The van der Waals surface area contributed by atoms with Crippen LogP contribution >= 0.6 is 0 Å². The maximum atomic E-state index is 15.1. The van der Waals surface area contributed by atoms with Gasteiger partial charge in [0.25, 0.3) is 5.91 Å². The number of esters is 1. The summed E-state index contributed by atoms with van der Waals surface area (Å²) in [5, 5.41) is 12.8. The van der Waals surface area contributed by atoms with Crippen molar-refractivity contribution in [1.82, 2.24) is 4.90 Å². The summed E-state index contributed by atoms with van der Waals surface area (Å²) in [7, 11) is 0. The van der Waals surface area contributed by atoms with Crippen molar-refractivity contribution in [2.75, 3.05) is 24.7 Å². The molecule has 3 fully saturated rings. The molecule has 3 heterocycles. The number of aliphatic hydroxyl groups excluding tert-OH is 1. The Bertz CT molecular complexity index is 1660. The number of anilines is 1. The Hall–Kier alpha value is -4.27. The molecule has 3 saturated heterocycles. The highest BCUT2D eigenvalue weighted by Gasteiger charge is 2.80. The average molecular weight is 623 g/mol. The monoisotopic (exact) mass is 622 g/mol. The smallest absolute Gasteiger partial charge is 0.312 e. The zero-order valence-corrected chi connectivity index (χ0v) is 26.5. The van der Waals surface area contributed by atoms with Crippen LogP contribution in [0.2, 0.25) is 0 Å². The van der Waals surface area contributed by atoms with Crippen molar-refractivity contribution in [1.29, 1.82) is 0 Å². The van der Waals surface area contributed by atoms with Crippen molar-refractivity contribution in [3.8, 4) is 0 Å². The van der Waals surface area contributed by atoms with Gasteiger partial charge in [0.15, 0.2) is 0 Å². The van der Waals surface area contributed by atoms with E-state index in [4.69, 9.17) is 9.47 Å². The Morgan fingerprint density at radius 1 is 1.09 bits per heavy atom. The number of carbonyl (C=O) groups is 3. The summed E-state index contributed by atoms with van der Waals surface area (Å²) in [6, 6.07) is 21.5. The Morgan fingerprint density at radius 2 is 1.80 bits per heavy atom. The zero-order valence-electron chi connectivity index (χ0n) is 26.5. The summed E-state index contributed by atoms with van der Waals surface area (Å²) in [6.07, 6.45) is 4.55. The van der Waals surface area contributed by atoms with Crippen LogP contribution in [0.15, 0.2) is 98.1 Å². The fourth-order valence-corrected chi connectivity index (χ4v) is 8.12. The molecule has 1 N–H and O–H groups in total. The molecule has 0 radical (unpaired) electrons. The van der Waals surface area contributed by atoms with E-state index in [1.54, 1.807) is 17.1 Å². The summed E-state index contributed by atoms with van der Waals surface area (Å²) in [4.78, 5) is 46.8. The van der Waals surface area contributed by atoms with E-state index in [2.05, 4.69) is 13.2 Å². The van der Waals surface area contributed by atoms with Gasteiger partial charge in [0.2, 0.25) is 5.91 Å². The van der Waals surface area contributed by atoms with E-state index in [1.807, 2.05) is 86.6 Å². The maximum absolute atomic E-state index is 15.1. The molecule has 8 nitrogen and oxygen atoms in total. The number of hydrogen-bond acceptors (Lipinski definition) is 6. The summed E-state index contributed by atoms with van der Waals surface area (Å²) in [5.74, 6) is -3.20. The third-order valence-corrected chi connectivity index (χ3v) is 10.3. The van der Waals surface area contributed by atoms with Gasteiger partial charge in [-0.25, -0.2) is 0 Å². The van der Waals surface area contributed by atoms with Crippen LogP contribution in [0.25, 0.3) is 10.8 Å². The predicted molar refractivity (Wildman–Crippen MR) is 177 cm³/mol. The molecule has 3 aromatic carbocycles. The van der Waals surface area contributed by atoms with Crippen LogP contribution < -0.4 is 4.90 Å². The number of ether oxygens (including phenoxy) is 2. The van der Waals surface area contributed by atoms with Gasteiger partial charge in [-0.1, -0.05) is 79.7 Å². The van der Waals surface area contributed by atoms with Gasteiger partial charge < -0.3 is 24.4 Å². The summed E-state index contributed by atoms with van der Waals surface area (Å²) in [6.45, 7) is 11.5. The first-order valence-electron chi connectivity index (χ1n) is 16.1. The normalized spacial score (nSPS) is 28.6. The van der Waals surface area contributed by atoms with Gasteiger partial charge in [0, 0.05) is 12.2 Å². The summed E-state index contributed by atoms with van der Waals surface area (Å²) in [5.41, 5.74) is -0.716. The summed E-state index contributed by atoms with van der Waals surface area (Å²) < 4.78 is 12.6. The van der Waals surface area contributed by atoms with Crippen molar-refractivity contribution >= 4 is 34.2 Å². The molecule has 2 amide bonds. The molecule has 240 valence electrons. The van der Waals surface area contributed by atoms with Gasteiger partial charge in [0.05, 0.1) is 30.8 Å². The SMILES string of the molecule is C=CCCOC(=O)[C@H]1[C@H]2C(=O)N([C@@H](CO)Cc3ccccc3)C(C(=O)N(CC=C)c3ccc4ccccc4c3)C23CC(C)[C@]1(C)O3. The molecule has 3 unspecified atom stereocenters. The molecular weight excluding hydrogens is 580 g/mol. The molecule has 0 aromatic heterocycles.